The number of para-hydroxylation sites is 1. The van der Waals surface area contributed by atoms with Crippen LogP contribution in [0, 0.1) is 0 Å². The molecule has 0 saturated heterocycles. The third-order valence-corrected chi connectivity index (χ3v) is 4.63. The van der Waals surface area contributed by atoms with Gasteiger partial charge in [-0.15, -0.1) is 0 Å². The lowest BCUT2D eigenvalue weighted by Crippen LogP contribution is -2.22. The van der Waals surface area contributed by atoms with E-state index >= 15 is 0 Å². The second kappa shape index (κ2) is 9.54. The summed E-state index contributed by atoms with van der Waals surface area (Å²) in [6, 6.07) is 24.6. The van der Waals surface area contributed by atoms with Crippen LogP contribution in [-0.4, -0.2) is 23.0 Å². The minimum absolute atomic E-state index is 0.158. The van der Waals surface area contributed by atoms with E-state index in [0.717, 1.165) is 22.4 Å². The Labute approximate surface area is 180 Å². The first-order valence-electron chi connectivity index (χ1n) is 9.78. The van der Waals surface area contributed by atoms with Crippen LogP contribution < -0.4 is 14.8 Å². The zero-order valence-electron chi connectivity index (χ0n) is 17.0. The van der Waals surface area contributed by atoms with E-state index in [-0.39, 0.29) is 11.9 Å². The second-order valence-corrected chi connectivity index (χ2v) is 6.78. The molecule has 0 aliphatic heterocycles. The van der Waals surface area contributed by atoms with E-state index in [4.69, 9.17) is 9.47 Å². The van der Waals surface area contributed by atoms with Gasteiger partial charge in [-0.2, -0.15) is 0 Å². The monoisotopic (exact) mass is 411 g/mol. The molecular weight excluding hydrogens is 390 g/mol. The van der Waals surface area contributed by atoms with Crippen molar-refractivity contribution >= 4 is 5.91 Å². The number of carbonyl (C=O) groups is 1. The van der Waals surface area contributed by atoms with Gasteiger partial charge >= 0.3 is 6.01 Å². The van der Waals surface area contributed by atoms with E-state index in [1.807, 2.05) is 72.8 Å². The third-order valence-electron chi connectivity index (χ3n) is 4.63. The maximum atomic E-state index is 12.6. The standard InChI is InChI=1S/C25H21N3O3/c1-30-23-12-5-7-18(13-23)15-26-24(29)20-9-6-8-19(14-20)21-16-27-25(28-17-21)31-22-10-3-2-4-11-22/h2-14,16-17H,15H2,1H3,(H,26,29). The number of ether oxygens (including phenoxy) is 2. The van der Waals surface area contributed by atoms with Crippen LogP contribution in [0.1, 0.15) is 15.9 Å². The van der Waals surface area contributed by atoms with Gasteiger partial charge in [0.15, 0.2) is 0 Å². The number of hydrogen-bond acceptors (Lipinski definition) is 5. The van der Waals surface area contributed by atoms with Crippen molar-refractivity contribution < 1.29 is 14.3 Å². The Morgan fingerprint density at radius 2 is 1.58 bits per heavy atom. The fourth-order valence-corrected chi connectivity index (χ4v) is 3.02. The summed E-state index contributed by atoms with van der Waals surface area (Å²) < 4.78 is 10.8. The summed E-state index contributed by atoms with van der Waals surface area (Å²) in [5.74, 6) is 1.27. The molecule has 0 aliphatic carbocycles. The molecule has 154 valence electrons. The van der Waals surface area contributed by atoms with Crippen LogP contribution in [0.25, 0.3) is 11.1 Å². The molecular formula is C25H21N3O3. The van der Waals surface area contributed by atoms with Crippen LogP contribution in [0.2, 0.25) is 0 Å². The lowest BCUT2D eigenvalue weighted by atomic mass is 10.1. The Balaban J connectivity index is 1.43. The van der Waals surface area contributed by atoms with Crippen LogP contribution >= 0.6 is 0 Å². The van der Waals surface area contributed by atoms with Crippen LogP contribution in [-0.2, 0) is 6.54 Å². The molecule has 0 atom stereocenters. The molecule has 6 nitrogen and oxygen atoms in total. The molecule has 6 heteroatoms. The smallest absolute Gasteiger partial charge is 0.321 e. The van der Waals surface area contributed by atoms with Gasteiger partial charge in [-0.3, -0.25) is 4.79 Å². The Bertz CT molecular complexity index is 1160. The van der Waals surface area contributed by atoms with Crippen LogP contribution in [0.4, 0.5) is 0 Å². The van der Waals surface area contributed by atoms with Crippen molar-refractivity contribution in [1.29, 1.82) is 0 Å². The molecule has 4 aromatic rings. The van der Waals surface area contributed by atoms with E-state index in [2.05, 4.69) is 15.3 Å². The lowest BCUT2D eigenvalue weighted by Gasteiger charge is -2.09. The first kappa shape index (κ1) is 20.1. The summed E-state index contributed by atoms with van der Waals surface area (Å²) in [6.07, 6.45) is 3.36. The molecule has 0 bridgehead atoms. The molecule has 3 aromatic carbocycles. The number of nitrogens with one attached hydrogen (secondary N) is 1. The van der Waals surface area contributed by atoms with Crippen molar-refractivity contribution in [1.82, 2.24) is 15.3 Å². The summed E-state index contributed by atoms with van der Waals surface area (Å²) >= 11 is 0. The molecule has 1 aromatic heterocycles. The molecule has 0 saturated carbocycles. The van der Waals surface area contributed by atoms with Crippen molar-refractivity contribution in [3.05, 3.63) is 102 Å². The summed E-state index contributed by atoms with van der Waals surface area (Å²) in [5, 5.41) is 2.94. The van der Waals surface area contributed by atoms with Crippen LogP contribution in [0.15, 0.2) is 91.3 Å². The normalized spacial score (nSPS) is 10.4. The quantitative estimate of drug-likeness (QED) is 0.469. The lowest BCUT2D eigenvalue weighted by molar-refractivity contribution is 0.0951. The maximum absolute atomic E-state index is 12.6. The molecule has 0 radical (unpaired) electrons. The van der Waals surface area contributed by atoms with Gasteiger partial charge in [0.2, 0.25) is 0 Å². The number of aromatic nitrogens is 2. The fourth-order valence-electron chi connectivity index (χ4n) is 3.02. The average molecular weight is 411 g/mol. The highest BCUT2D eigenvalue weighted by Crippen LogP contribution is 2.22. The molecule has 0 aliphatic rings. The van der Waals surface area contributed by atoms with Gasteiger partial charge in [-0.25, -0.2) is 9.97 Å². The number of rotatable bonds is 7. The van der Waals surface area contributed by atoms with Crippen molar-refractivity contribution in [2.75, 3.05) is 7.11 Å². The number of carbonyl (C=O) groups excluding carboxylic acids is 1. The molecule has 1 amide bonds. The minimum atomic E-state index is -0.158. The van der Waals surface area contributed by atoms with Crippen LogP contribution in [0.5, 0.6) is 17.5 Å². The highest BCUT2D eigenvalue weighted by Gasteiger charge is 2.09. The predicted octanol–water partition coefficient (Wildman–Crippen LogP) is 4.87. The number of nitrogens with zero attached hydrogens (tertiary/aromatic N) is 2. The largest absolute Gasteiger partial charge is 0.497 e. The van der Waals surface area contributed by atoms with Gasteiger partial charge in [0.25, 0.3) is 5.91 Å². The topological polar surface area (TPSA) is 73.3 Å². The van der Waals surface area contributed by atoms with Gasteiger partial charge in [0, 0.05) is 30.1 Å². The molecule has 31 heavy (non-hydrogen) atoms. The van der Waals surface area contributed by atoms with Crippen molar-refractivity contribution in [2.45, 2.75) is 6.54 Å². The summed E-state index contributed by atoms with van der Waals surface area (Å²) in [6.45, 7) is 0.412. The molecule has 1 N–H and O–H groups in total. The molecule has 1 heterocycles. The second-order valence-electron chi connectivity index (χ2n) is 6.78. The highest BCUT2D eigenvalue weighted by atomic mass is 16.5. The van der Waals surface area contributed by atoms with Crippen molar-refractivity contribution in [3.8, 4) is 28.6 Å². The fraction of sp³-hybridized carbons (Fsp3) is 0.0800. The van der Waals surface area contributed by atoms with E-state index in [1.54, 1.807) is 25.6 Å². The highest BCUT2D eigenvalue weighted by molar-refractivity contribution is 5.95. The SMILES string of the molecule is COc1cccc(CNC(=O)c2cccc(-c3cnc(Oc4ccccc4)nc3)c2)c1. The summed E-state index contributed by atoms with van der Waals surface area (Å²) in [7, 11) is 1.62. The van der Waals surface area contributed by atoms with Crippen molar-refractivity contribution in [2.24, 2.45) is 0 Å². The molecule has 0 unspecified atom stereocenters. The van der Waals surface area contributed by atoms with Gasteiger partial charge in [-0.1, -0.05) is 42.5 Å². The Hall–Kier alpha value is -4.19. The third kappa shape index (κ3) is 5.25. The average Bonchev–Trinajstić information content (AvgIpc) is 2.84. The Morgan fingerprint density at radius 1 is 0.839 bits per heavy atom. The Kier molecular flexibility index (Phi) is 6.18. The van der Waals surface area contributed by atoms with E-state index in [1.165, 1.54) is 0 Å². The van der Waals surface area contributed by atoms with E-state index < -0.39 is 0 Å². The van der Waals surface area contributed by atoms with Gasteiger partial charge in [0.1, 0.15) is 11.5 Å². The Morgan fingerprint density at radius 3 is 2.35 bits per heavy atom. The van der Waals surface area contributed by atoms with Crippen molar-refractivity contribution in [3.63, 3.8) is 0 Å². The summed E-state index contributed by atoms with van der Waals surface area (Å²) in [5.41, 5.74) is 3.17. The first-order chi connectivity index (χ1) is 15.2. The van der Waals surface area contributed by atoms with E-state index in [9.17, 15) is 4.79 Å². The number of amides is 1. The number of hydrogen-bond donors (Lipinski definition) is 1. The predicted molar refractivity (Wildman–Crippen MR) is 118 cm³/mol. The first-order valence-corrected chi connectivity index (χ1v) is 9.78. The van der Waals surface area contributed by atoms with Gasteiger partial charge in [-0.05, 0) is 47.5 Å². The number of benzene rings is 3. The van der Waals surface area contributed by atoms with Gasteiger partial charge < -0.3 is 14.8 Å². The van der Waals surface area contributed by atoms with Gasteiger partial charge in [0.05, 0.1) is 7.11 Å². The summed E-state index contributed by atoms with van der Waals surface area (Å²) in [4.78, 5) is 21.2. The number of methoxy groups -OCH3 is 1. The zero-order chi connectivity index (χ0) is 21.5. The maximum Gasteiger partial charge on any atom is 0.321 e. The molecule has 0 fully saturated rings. The minimum Gasteiger partial charge on any atom is -0.497 e. The zero-order valence-corrected chi connectivity index (χ0v) is 17.0. The molecule has 0 spiro atoms. The van der Waals surface area contributed by atoms with Crippen LogP contribution in [0.3, 0.4) is 0 Å². The molecule has 4 rings (SSSR count). The van der Waals surface area contributed by atoms with E-state index in [0.29, 0.717) is 17.9 Å².